The van der Waals surface area contributed by atoms with E-state index >= 15 is 0 Å². The van der Waals surface area contributed by atoms with E-state index in [9.17, 15) is 10.1 Å². The lowest BCUT2D eigenvalue weighted by atomic mass is 9.89. The molecule has 1 aliphatic heterocycles. The van der Waals surface area contributed by atoms with Gasteiger partial charge in [-0.2, -0.15) is 16.6 Å². The highest BCUT2D eigenvalue weighted by atomic mass is 32.1. The quantitative estimate of drug-likeness (QED) is 0.863. The fourth-order valence-corrected chi connectivity index (χ4v) is 2.58. The van der Waals surface area contributed by atoms with Crippen molar-refractivity contribution in [1.82, 2.24) is 10.2 Å². The minimum atomic E-state index is -0.689. The first-order chi connectivity index (χ1) is 8.15. The molecule has 1 saturated heterocycles. The average Bonchev–Trinajstić information content (AvgIpc) is 2.86. The highest BCUT2D eigenvalue weighted by Gasteiger charge is 2.35. The number of nitriles is 1. The van der Waals surface area contributed by atoms with E-state index < -0.39 is 5.54 Å². The van der Waals surface area contributed by atoms with Crippen molar-refractivity contribution in [1.29, 1.82) is 5.26 Å². The molecule has 0 radical (unpaired) electrons. The normalized spacial score (nSPS) is 19.5. The summed E-state index contributed by atoms with van der Waals surface area (Å²) < 4.78 is 0. The molecule has 1 amide bonds. The Morgan fingerprint density at radius 2 is 2.29 bits per heavy atom. The van der Waals surface area contributed by atoms with Gasteiger partial charge in [0, 0.05) is 18.5 Å². The number of nitrogens with one attached hydrogen (secondary N) is 1. The minimum absolute atomic E-state index is 0.141. The summed E-state index contributed by atoms with van der Waals surface area (Å²) in [5, 5.41) is 15.8. The predicted molar refractivity (Wildman–Crippen MR) is 66.9 cm³/mol. The SMILES string of the molecule is CN1CCC(C#N)(NC(=O)c2ccsc2)CC1. The zero-order valence-electron chi connectivity index (χ0n) is 9.77. The molecular weight excluding hydrogens is 234 g/mol. The molecule has 1 aliphatic rings. The molecule has 0 spiro atoms. The highest BCUT2D eigenvalue weighted by molar-refractivity contribution is 7.08. The lowest BCUT2D eigenvalue weighted by molar-refractivity contribution is 0.0882. The second kappa shape index (κ2) is 4.86. The first kappa shape index (κ1) is 12.1. The minimum Gasteiger partial charge on any atom is -0.334 e. The van der Waals surface area contributed by atoms with Gasteiger partial charge in [-0.25, -0.2) is 0 Å². The number of nitrogens with zero attached hydrogens (tertiary/aromatic N) is 2. The van der Waals surface area contributed by atoms with E-state index in [1.807, 2.05) is 12.4 Å². The van der Waals surface area contributed by atoms with Gasteiger partial charge in [0.05, 0.1) is 11.6 Å². The molecule has 2 heterocycles. The number of carbonyl (C=O) groups excluding carboxylic acids is 1. The van der Waals surface area contributed by atoms with Crippen LogP contribution in [0.4, 0.5) is 0 Å². The first-order valence-corrected chi connectivity index (χ1v) is 6.54. The smallest absolute Gasteiger partial charge is 0.253 e. The summed E-state index contributed by atoms with van der Waals surface area (Å²) in [5.74, 6) is -0.141. The molecule has 90 valence electrons. The van der Waals surface area contributed by atoms with Gasteiger partial charge in [0.1, 0.15) is 5.54 Å². The van der Waals surface area contributed by atoms with Crippen molar-refractivity contribution >= 4 is 17.2 Å². The maximum Gasteiger partial charge on any atom is 0.253 e. The first-order valence-electron chi connectivity index (χ1n) is 5.60. The third-order valence-corrected chi connectivity index (χ3v) is 3.87. The summed E-state index contributed by atoms with van der Waals surface area (Å²) >= 11 is 1.48. The van der Waals surface area contributed by atoms with E-state index in [1.165, 1.54) is 11.3 Å². The van der Waals surface area contributed by atoms with Crippen LogP contribution in [0.25, 0.3) is 0 Å². The lowest BCUT2D eigenvalue weighted by Gasteiger charge is -2.35. The zero-order valence-corrected chi connectivity index (χ0v) is 10.6. The van der Waals surface area contributed by atoms with E-state index in [-0.39, 0.29) is 5.91 Å². The van der Waals surface area contributed by atoms with Gasteiger partial charge in [0.25, 0.3) is 5.91 Å². The van der Waals surface area contributed by atoms with Crippen molar-refractivity contribution in [3.05, 3.63) is 22.4 Å². The Balaban J connectivity index is 2.06. The Morgan fingerprint density at radius 3 is 2.82 bits per heavy atom. The Hall–Kier alpha value is -1.38. The molecule has 1 aromatic rings. The number of carbonyl (C=O) groups is 1. The van der Waals surface area contributed by atoms with Crippen LogP contribution in [0.15, 0.2) is 16.8 Å². The van der Waals surface area contributed by atoms with Crippen LogP contribution in [0.2, 0.25) is 0 Å². The van der Waals surface area contributed by atoms with Crippen LogP contribution in [0.3, 0.4) is 0 Å². The van der Waals surface area contributed by atoms with Gasteiger partial charge in [0.2, 0.25) is 0 Å². The molecule has 1 N–H and O–H groups in total. The molecule has 1 fully saturated rings. The van der Waals surface area contributed by atoms with Gasteiger partial charge in [-0.15, -0.1) is 0 Å². The molecule has 0 bridgehead atoms. The van der Waals surface area contributed by atoms with Gasteiger partial charge >= 0.3 is 0 Å². The van der Waals surface area contributed by atoms with Crippen molar-refractivity contribution in [3.8, 4) is 6.07 Å². The van der Waals surface area contributed by atoms with Gasteiger partial charge in [-0.3, -0.25) is 4.79 Å². The number of hydrogen-bond acceptors (Lipinski definition) is 4. The van der Waals surface area contributed by atoms with Crippen molar-refractivity contribution < 1.29 is 4.79 Å². The van der Waals surface area contributed by atoms with Crippen LogP contribution in [-0.4, -0.2) is 36.5 Å². The Morgan fingerprint density at radius 1 is 1.59 bits per heavy atom. The van der Waals surface area contributed by atoms with Gasteiger partial charge in [0.15, 0.2) is 0 Å². The Kier molecular flexibility index (Phi) is 3.46. The largest absolute Gasteiger partial charge is 0.334 e. The summed E-state index contributed by atoms with van der Waals surface area (Å²) in [5.41, 5.74) is -0.0468. The molecule has 5 heteroatoms. The molecule has 2 rings (SSSR count). The second-order valence-corrected chi connectivity index (χ2v) is 5.24. The molecular formula is C12H15N3OS. The second-order valence-electron chi connectivity index (χ2n) is 4.46. The maximum atomic E-state index is 12.0. The van der Waals surface area contributed by atoms with E-state index in [2.05, 4.69) is 16.3 Å². The highest BCUT2D eigenvalue weighted by Crippen LogP contribution is 2.21. The maximum absolute atomic E-state index is 12.0. The van der Waals surface area contributed by atoms with Crippen LogP contribution < -0.4 is 5.32 Å². The van der Waals surface area contributed by atoms with Crippen LogP contribution >= 0.6 is 11.3 Å². The Bertz CT molecular complexity index is 427. The van der Waals surface area contributed by atoms with Gasteiger partial charge < -0.3 is 10.2 Å². The van der Waals surface area contributed by atoms with E-state index in [4.69, 9.17) is 0 Å². The number of amides is 1. The number of thiophene rings is 1. The van der Waals surface area contributed by atoms with Crippen molar-refractivity contribution in [2.75, 3.05) is 20.1 Å². The standard InChI is InChI=1S/C12H15N3OS/c1-15-5-3-12(9-13,4-6-15)14-11(16)10-2-7-17-8-10/h2,7-8H,3-6H2,1H3,(H,14,16). The van der Waals surface area contributed by atoms with Gasteiger partial charge in [-0.05, 0) is 31.3 Å². The molecule has 4 nitrogen and oxygen atoms in total. The number of rotatable bonds is 2. The van der Waals surface area contributed by atoms with Crippen LogP contribution in [0.5, 0.6) is 0 Å². The molecule has 0 unspecified atom stereocenters. The van der Waals surface area contributed by atoms with Crippen LogP contribution in [0, 0.1) is 11.3 Å². The molecule has 0 aliphatic carbocycles. The average molecular weight is 249 g/mol. The van der Waals surface area contributed by atoms with E-state index in [0.717, 1.165) is 13.1 Å². The third-order valence-electron chi connectivity index (χ3n) is 3.19. The molecule has 0 aromatic carbocycles. The van der Waals surface area contributed by atoms with Gasteiger partial charge in [-0.1, -0.05) is 0 Å². The monoisotopic (exact) mass is 249 g/mol. The molecule has 17 heavy (non-hydrogen) atoms. The fraction of sp³-hybridized carbons (Fsp3) is 0.500. The van der Waals surface area contributed by atoms with Crippen LogP contribution in [0.1, 0.15) is 23.2 Å². The van der Waals surface area contributed by atoms with Crippen molar-refractivity contribution in [2.45, 2.75) is 18.4 Å². The summed E-state index contributed by atoms with van der Waals surface area (Å²) in [7, 11) is 2.03. The third kappa shape index (κ3) is 2.65. The summed E-state index contributed by atoms with van der Waals surface area (Å²) in [6.45, 7) is 1.69. The lowest BCUT2D eigenvalue weighted by Crippen LogP contribution is -2.53. The number of piperidine rings is 1. The number of hydrogen-bond donors (Lipinski definition) is 1. The molecule has 0 atom stereocenters. The fourth-order valence-electron chi connectivity index (χ4n) is 1.95. The number of likely N-dealkylation sites (tertiary alicyclic amines) is 1. The summed E-state index contributed by atoms with van der Waals surface area (Å²) in [6.07, 6.45) is 1.38. The summed E-state index contributed by atoms with van der Waals surface area (Å²) in [4.78, 5) is 14.1. The summed E-state index contributed by atoms with van der Waals surface area (Å²) in [6, 6.07) is 4.05. The zero-order chi connectivity index (χ0) is 12.3. The van der Waals surface area contributed by atoms with E-state index in [0.29, 0.717) is 18.4 Å². The molecule has 1 aromatic heterocycles. The van der Waals surface area contributed by atoms with E-state index in [1.54, 1.807) is 11.4 Å². The molecule has 0 saturated carbocycles. The predicted octanol–water partition coefficient (Wildman–Crippen LogP) is 1.47. The van der Waals surface area contributed by atoms with Crippen molar-refractivity contribution in [3.63, 3.8) is 0 Å². The van der Waals surface area contributed by atoms with Crippen LogP contribution in [-0.2, 0) is 0 Å². The Labute approximate surface area is 105 Å². The van der Waals surface area contributed by atoms with Crippen molar-refractivity contribution in [2.24, 2.45) is 0 Å². The topological polar surface area (TPSA) is 56.1 Å².